The molecule has 0 fully saturated rings. The second-order valence-corrected chi connectivity index (χ2v) is 8.41. The Labute approximate surface area is 188 Å². The molecular weight excluding hydrogens is 495 g/mol. The molecule has 7 nitrogen and oxygen atoms in total. The molecule has 1 aromatic heterocycles. The highest BCUT2D eigenvalue weighted by atomic mass is 127. The number of halogens is 1. The molecule has 4 rings (SSSR count). The van der Waals surface area contributed by atoms with Gasteiger partial charge in [-0.25, -0.2) is 4.68 Å². The Hall–Kier alpha value is -2.88. The molecule has 2 heterocycles. The molecule has 2 amide bonds. The van der Waals surface area contributed by atoms with E-state index in [1.54, 1.807) is 42.9 Å². The van der Waals surface area contributed by atoms with E-state index in [9.17, 15) is 9.59 Å². The molecule has 1 aliphatic heterocycles. The fraction of sp³-hybridized carbons (Fsp3) is 0.227. The molecule has 2 aromatic carbocycles. The van der Waals surface area contributed by atoms with Gasteiger partial charge in [-0.2, -0.15) is 5.10 Å². The van der Waals surface area contributed by atoms with Crippen LogP contribution in [0, 0.1) is 3.57 Å². The van der Waals surface area contributed by atoms with Crippen molar-refractivity contribution in [1.82, 2.24) is 14.7 Å². The van der Waals surface area contributed by atoms with E-state index in [-0.39, 0.29) is 11.8 Å². The normalized spacial score (nSPS) is 13.2. The van der Waals surface area contributed by atoms with Crippen molar-refractivity contribution in [2.45, 2.75) is 6.42 Å². The summed E-state index contributed by atoms with van der Waals surface area (Å²) in [4.78, 5) is 29.5. The van der Waals surface area contributed by atoms with Crippen LogP contribution in [0.2, 0.25) is 0 Å². The Bertz CT molecular complexity index is 1100. The molecule has 0 spiro atoms. The smallest absolute Gasteiger partial charge is 0.277 e. The summed E-state index contributed by atoms with van der Waals surface area (Å²) in [6.07, 6.45) is 0.554. The van der Waals surface area contributed by atoms with Crippen molar-refractivity contribution < 1.29 is 14.3 Å². The number of carbonyl (C=O) groups excluding carboxylic acids is 2. The zero-order valence-electron chi connectivity index (χ0n) is 16.9. The van der Waals surface area contributed by atoms with Crippen molar-refractivity contribution in [3.05, 3.63) is 69.1 Å². The van der Waals surface area contributed by atoms with Gasteiger partial charge in [0.05, 0.1) is 12.8 Å². The number of hydrogen-bond acceptors (Lipinski definition) is 4. The zero-order valence-corrected chi connectivity index (χ0v) is 19.1. The van der Waals surface area contributed by atoms with Crippen LogP contribution >= 0.6 is 22.6 Å². The maximum atomic E-state index is 13.5. The molecule has 0 bridgehead atoms. The summed E-state index contributed by atoms with van der Waals surface area (Å²) in [6, 6.07) is 15.1. The number of carbonyl (C=O) groups is 2. The first-order valence-corrected chi connectivity index (χ1v) is 10.5. The molecule has 0 radical (unpaired) electrons. The maximum absolute atomic E-state index is 13.5. The summed E-state index contributed by atoms with van der Waals surface area (Å²) in [5.41, 5.74) is 2.96. The number of nitrogens with zero attached hydrogens (tertiary/aromatic N) is 4. The molecule has 0 N–H and O–H groups in total. The maximum Gasteiger partial charge on any atom is 0.277 e. The topological polar surface area (TPSA) is 67.7 Å². The molecule has 0 saturated carbocycles. The minimum Gasteiger partial charge on any atom is -0.497 e. The molecule has 3 aromatic rings. The number of ether oxygens (including phenoxy) is 1. The SMILES string of the molecule is COc1ccc(-n2nc(C(=O)N(C)C)c3c2C(=O)N(c2ccc(I)cc2)CC3)cc1. The largest absolute Gasteiger partial charge is 0.497 e. The van der Waals surface area contributed by atoms with E-state index in [4.69, 9.17) is 4.74 Å². The van der Waals surface area contributed by atoms with Crippen LogP contribution in [0.4, 0.5) is 5.69 Å². The molecule has 0 saturated heterocycles. The minimum atomic E-state index is -0.214. The predicted octanol–water partition coefficient (Wildman–Crippen LogP) is 3.39. The van der Waals surface area contributed by atoms with Gasteiger partial charge in [-0.1, -0.05) is 0 Å². The van der Waals surface area contributed by atoms with Gasteiger partial charge in [0.1, 0.15) is 11.4 Å². The van der Waals surface area contributed by atoms with E-state index >= 15 is 0 Å². The molecule has 0 unspecified atom stereocenters. The lowest BCUT2D eigenvalue weighted by Crippen LogP contribution is -2.39. The van der Waals surface area contributed by atoms with Crippen molar-refractivity contribution >= 4 is 40.1 Å². The first kappa shape index (κ1) is 20.4. The molecule has 0 atom stereocenters. The third-order valence-corrected chi connectivity index (χ3v) is 5.80. The van der Waals surface area contributed by atoms with Gasteiger partial charge in [0.2, 0.25) is 0 Å². The third-order valence-electron chi connectivity index (χ3n) is 5.08. The minimum absolute atomic E-state index is 0.168. The summed E-state index contributed by atoms with van der Waals surface area (Å²) in [5, 5.41) is 4.57. The van der Waals surface area contributed by atoms with Gasteiger partial charge < -0.3 is 14.5 Å². The summed E-state index contributed by atoms with van der Waals surface area (Å²) in [6.45, 7) is 0.494. The quantitative estimate of drug-likeness (QED) is 0.499. The van der Waals surface area contributed by atoms with Crippen molar-refractivity contribution in [3.8, 4) is 11.4 Å². The van der Waals surface area contributed by atoms with Crippen LogP contribution in [-0.4, -0.2) is 54.2 Å². The third kappa shape index (κ3) is 3.55. The Kier molecular flexibility index (Phi) is 5.50. The fourth-order valence-electron chi connectivity index (χ4n) is 3.52. The van der Waals surface area contributed by atoms with E-state index in [0.29, 0.717) is 41.4 Å². The number of methoxy groups -OCH3 is 1. The average Bonchev–Trinajstić information content (AvgIpc) is 3.14. The highest BCUT2D eigenvalue weighted by Gasteiger charge is 2.35. The van der Waals surface area contributed by atoms with Crippen molar-refractivity contribution in [1.29, 1.82) is 0 Å². The predicted molar refractivity (Wildman–Crippen MR) is 123 cm³/mol. The van der Waals surface area contributed by atoms with E-state index in [0.717, 1.165) is 9.26 Å². The summed E-state index contributed by atoms with van der Waals surface area (Å²) in [5.74, 6) is 0.323. The highest BCUT2D eigenvalue weighted by Crippen LogP contribution is 2.30. The summed E-state index contributed by atoms with van der Waals surface area (Å²) >= 11 is 2.24. The molecule has 0 aliphatic carbocycles. The van der Waals surface area contributed by atoms with E-state index in [1.807, 2.05) is 36.4 Å². The van der Waals surface area contributed by atoms with E-state index < -0.39 is 0 Å². The molecule has 8 heteroatoms. The van der Waals surface area contributed by atoms with Crippen LogP contribution in [0.5, 0.6) is 5.75 Å². The molecule has 1 aliphatic rings. The first-order chi connectivity index (χ1) is 14.4. The van der Waals surface area contributed by atoms with Crippen LogP contribution in [0.15, 0.2) is 48.5 Å². The molecule has 30 heavy (non-hydrogen) atoms. The van der Waals surface area contributed by atoms with Gasteiger partial charge in [-0.3, -0.25) is 9.59 Å². The number of anilines is 1. The van der Waals surface area contributed by atoms with Crippen LogP contribution < -0.4 is 9.64 Å². The van der Waals surface area contributed by atoms with Crippen LogP contribution in [0.3, 0.4) is 0 Å². The molecular formula is C22H21IN4O3. The van der Waals surface area contributed by atoms with Gasteiger partial charge >= 0.3 is 0 Å². The monoisotopic (exact) mass is 516 g/mol. The van der Waals surface area contributed by atoms with Crippen molar-refractivity contribution in [3.63, 3.8) is 0 Å². The van der Waals surface area contributed by atoms with Gasteiger partial charge in [0.25, 0.3) is 11.8 Å². The van der Waals surface area contributed by atoms with Gasteiger partial charge in [-0.05, 0) is 77.5 Å². The molecule has 154 valence electrons. The van der Waals surface area contributed by atoms with E-state index in [1.165, 1.54) is 4.90 Å². The highest BCUT2D eigenvalue weighted by molar-refractivity contribution is 14.1. The lowest BCUT2D eigenvalue weighted by atomic mass is 10.0. The second kappa shape index (κ2) is 8.10. The zero-order chi connectivity index (χ0) is 21.4. The number of rotatable bonds is 4. The van der Waals surface area contributed by atoms with Gasteiger partial charge in [0, 0.05) is 35.5 Å². The summed E-state index contributed by atoms with van der Waals surface area (Å²) in [7, 11) is 4.97. The standard InChI is InChI=1S/C22H21IN4O3/c1-25(2)21(28)19-18-12-13-26(15-6-4-14(23)5-7-15)22(29)20(18)27(24-19)16-8-10-17(30-3)11-9-16/h4-11H,12-13H2,1-3H3. The number of amides is 2. The first-order valence-electron chi connectivity index (χ1n) is 9.46. The lowest BCUT2D eigenvalue weighted by molar-refractivity contribution is 0.0820. The van der Waals surface area contributed by atoms with Gasteiger partial charge in [0.15, 0.2) is 5.69 Å². The van der Waals surface area contributed by atoms with Gasteiger partial charge in [-0.15, -0.1) is 0 Å². The van der Waals surface area contributed by atoms with Crippen LogP contribution in [0.1, 0.15) is 26.5 Å². The number of aromatic nitrogens is 2. The van der Waals surface area contributed by atoms with Crippen LogP contribution in [0.25, 0.3) is 5.69 Å². The van der Waals surface area contributed by atoms with Crippen molar-refractivity contribution in [2.75, 3.05) is 32.6 Å². The van der Waals surface area contributed by atoms with Crippen LogP contribution in [-0.2, 0) is 6.42 Å². The van der Waals surface area contributed by atoms with Crippen molar-refractivity contribution in [2.24, 2.45) is 0 Å². The van der Waals surface area contributed by atoms with E-state index in [2.05, 4.69) is 27.7 Å². The Balaban J connectivity index is 1.84. The Morgan fingerprint density at radius 2 is 1.70 bits per heavy atom. The Morgan fingerprint density at radius 1 is 1.07 bits per heavy atom. The number of fused-ring (bicyclic) bond motifs is 1. The fourth-order valence-corrected chi connectivity index (χ4v) is 3.88. The average molecular weight is 516 g/mol. The summed E-state index contributed by atoms with van der Waals surface area (Å²) < 4.78 is 7.91. The Morgan fingerprint density at radius 3 is 2.30 bits per heavy atom. The second-order valence-electron chi connectivity index (χ2n) is 7.17. The number of benzene rings is 2. The number of hydrogen-bond donors (Lipinski definition) is 0. The lowest BCUT2D eigenvalue weighted by Gasteiger charge is -2.28.